The average Bonchev–Trinajstić information content (AvgIpc) is 2.86. The number of nitrogens with one attached hydrogen (secondary N) is 2. The molecule has 0 radical (unpaired) electrons. The average molecular weight is 515 g/mol. The van der Waals surface area contributed by atoms with Crippen molar-refractivity contribution in [3.63, 3.8) is 0 Å². The van der Waals surface area contributed by atoms with E-state index < -0.39 is 47.5 Å². The summed E-state index contributed by atoms with van der Waals surface area (Å²) in [6.07, 6.45) is 6.53. The molecule has 14 N–H and O–H groups in total. The summed E-state index contributed by atoms with van der Waals surface area (Å²) in [5.41, 5.74) is 34.0. The van der Waals surface area contributed by atoms with Gasteiger partial charge >= 0.3 is 0 Å². The molecule has 0 heterocycles. The molecule has 4 atom stereocenters. The van der Waals surface area contributed by atoms with Crippen molar-refractivity contribution < 1.29 is 19.2 Å². The highest BCUT2D eigenvalue weighted by atomic mass is 16.2. The van der Waals surface area contributed by atoms with Gasteiger partial charge in [0.2, 0.25) is 23.4 Å². The number of Topliss-reactive ketones (excluding diaryl/α,β-unsaturated/α-hetero) is 2. The molecule has 0 rings (SSSR count). The summed E-state index contributed by atoms with van der Waals surface area (Å²) in [6.45, 7) is 1.84. The number of nitrogens with two attached hydrogens (primary N) is 6. The normalized spacial score (nSPS) is 14.5. The summed E-state index contributed by atoms with van der Waals surface area (Å²) in [7, 11) is 0. The molecule has 0 aromatic heterocycles. The Morgan fingerprint density at radius 1 is 0.472 bits per heavy atom. The molecule has 0 aliphatic carbocycles. The van der Waals surface area contributed by atoms with Gasteiger partial charge in [-0.05, 0) is 90.4 Å². The summed E-state index contributed by atoms with van der Waals surface area (Å²) in [6, 6.07) is -3.70. The number of hydrogen-bond donors (Lipinski definition) is 8. The van der Waals surface area contributed by atoms with E-state index in [1.54, 1.807) is 0 Å². The van der Waals surface area contributed by atoms with Crippen LogP contribution in [0.1, 0.15) is 77.0 Å². The van der Waals surface area contributed by atoms with Gasteiger partial charge in [0.25, 0.3) is 0 Å². The molecule has 0 fully saturated rings. The first-order chi connectivity index (χ1) is 17.2. The van der Waals surface area contributed by atoms with Crippen LogP contribution < -0.4 is 45.0 Å². The summed E-state index contributed by atoms with van der Waals surface area (Å²) in [5, 5.41) is 5.37. The second kappa shape index (κ2) is 21.2. The standard InChI is InChI=1S/C24H50N8O4/c25-13-5-1-9-17(29)21(33)22(34)19(11-3-7-15-27)31-24(36)20(12-4-8-16-28)32-23(35)18(30)10-2-6-14-26/h17-20H,1-16,25-30H2,(H,31,36)(H,32,35)/t17-,18-,19-,20-/m0/s1. The largest absolute Gasteiger partial charge is 0.344 e. The first-order valence-electron chi connectivity index (χ1n) is 13.2. The molecule has 0 saturated carbocycles. The highest BCUT2D eigenvalue weighted by Crippen LogP contribution is 2.09. The molecule has 0 aromatic rings. The molecule has 36 heavy (non-hydrogen) atoms. The fourth-order valence-electron chi connectivity index (χ4n) is 3.71. The van der Waals surface area contributed by atoms with E-state index in [1.165, 1.54) is 0 Å². The Bertz CT molecular complexity index is 650. The van der Waals surface area contributed by atoms with Crippen LogP contribution in [0.25, 0.3) is 0 Å². The maximum atomic E-state index is 13.2. The van der Waals surface area contributed by atoms with Crippen molar-refractivity contribution in [2.45, 2.75) is 101 Å². The van der Waals surface area contributed by atoms with Gasteiger partial charge in [0, 0.05) is 0 Å². The van der Waals surface area contributed by atoms with Gasteiger partial charge in [-0.25, -0.2) is 0 Å². The van der Waals surface area contributed by atoms with Crippen molar-refractivity contribution in [3.8, 4) is 0 Å². The van der Waals surface area contributed by atoms with E-state index in [9.17, 15) is 19.2 Å². The first-order valence-corrected chi connectivity index (χ1v) is 13.2. The highest BCUT2D eigenvalue weighted by Gasteiger charge is 2.32. The molecule has 0 aliphatic heterocycles. The van der Waals surface area contributed by atoms with Crippen LogP contribution in [0.4, 0.5) is 0 Å². The third-order valence-corrected chi connectivity index (χ3v) is 6.01. The fourth-order valence-corrected chi connectivity index (χ4v) is 3.71. The van der Waals surface area contributed by atoms with Crippen molar-refractivity contribution in [3.05, 3.63) is 0 Å². The summed E-state index contributed by atoms with van der Waals surface area (Å²) in [5.74, 6) is -2.48. The Balaban J connectivity index is 5.40. The van der Waals surface area contributed by atoms with Crippen molar-refractivity contribution in [1.29, 1.82) is 0 Å². The van der Waals surface area contributed by atoms with E-state index in [2.05, 4.69) is 10.6 Å². The van der Waals surface area contributed by atoms with Gasteiger partial charge < -0.3 is 45.0 Å². The van der Waals surface area contributed by atoms with E-state index in [0.29, 0.717) is 90.4 Å². The van der Waals surface area contributed by atoms with Crippen molar-refractivity contribution in [1.82, 2.24) is 10.6 Å². The number of hydrogen-bond acceptors (Lipinski definition) is 10. The molecule has 2 amide bonds. The minimum absolute atomic E-state index is 0.241. The van der Waals surface area contributed by atoms with E-state index in [4.69, 9.17) is 34.4 Å². The lowest BCUT2D eigenvalue weighted by Gasteiger charge is -2.24. The molecular weight excluding hydrogens is 464 g/mol. The van der Waals surface area contributed by atoms with Gasteiger partial charge in [0.1, 0.15) is 6.04 Å². The van der Waals surface area contributed by atoms with Crippen LogP contribution >= 0.6 is 0 Å². The zero-order valence-electron chi connectivity index (χ0n) is 21.7. The predicted molar refractivity (Wildman–Crippen MR) is 141 cm³/mol. The molecule has 0 bridgehead atoms. The maximum Gasteiger partial charge on any atom is 0.243 e. The highest BCUT2D eigenvalue weighted by molar-refractivity contribution is 6.41. The number of ketones is 2. The smallest absolute Gasteiger partial charge is 0.243 e. The van der Waals surface area contributed by atoms with Crippen LogP contribution in [0.2, 0.25) is 0 Å². The Kier molecular flexibility index (Phi) is 20.0. The third kappa shape index (κ3) is 14.6. The van der Waals surface area contributed by atoms with E-state index in [1.807, 2.05) is 0 Å². The van der Waals surface area contributed by atoms with Gasteiger partial charge in [-0.15, -0.1) is 0 Å². The molecule has 0 spiro atoms. The number of carbonyl (C=O) groups is 4. The molecule has 12 nitrogen and oxygen atoms in total. The zero-order valence-corrected chi connectivity index (χ0v) is 21.7. The van der Waals surface area contributed by atoms with Gasteiger partial charge in [-0.1, -0.05) is 12.8 Å². The second-order valence-electron chi connectivity index (χ2n) is 9.20. The second-order valence-corrected chi connectivity index (χ2v) is 9.20. The number of unbranched alkanes of at least 4 members (excludes halogenated alkanes) is 4. The molecule has 0 aromatic carbocycles. The van der Waals surface area contributed by atoms with E-state index >= 15 is 0 Å². The minimum atomic E-state index is -1.05. The lowest BCUT2D eigenvalue weighted by Crippen LogP contribution is -2.56. The van der Waals surface area contributed by atoms with Gasteiger partial charge in [-0.3, -0.25) is 19.2 Å². The fraction of sp³-hybridized carbons (Fsp3) is 0.833. The quantitative estimate of drug-likeness (QED) is 0.0564. The van der Waals surface area contributed by atoms with Crippen LogP contribution in [0.15, 0.2) is 0 Å². The van der Waals surface area contributed by atoms with Gasteiger partial charge in [0.05, 0.1) is 18.1 Å². The maximum absolute atomic E-state index is 13.2. The van der Waals surface area contributed by atoms with E-state index in [0.717, 1.165) is 6.42 Å². The Hall–Kier alpha value is -1.96. The van der Waals surface area contributed by atoms with Crippen molar-refractivity contribution in [2.24, 2.45) is 34.4 Å². The number of carbonyl (C=O) groups excluding carboxylic acids is 4. The van der Waals surface area contributed by atoms with Crippen LogP contribution in [-0.4, -0.2) is 73.7 Å². The Morgan fingerprint density at radius 2 is 0.861 bits per heavy atom. The van der Waals surface area contributed by atoms with E-state index in [-0.39, 0.29) is 6.42 Å². The predicted octanol–water partition coefficient (Wildman–Crippen LogP) is -1.74. The lowest BCUT2D eigenvalue weighted by molar-refractivity contribution is -0.140. The van der Waals surface area contributed by atoms with Gasteiger partial charge in [0.15, 0.2) is 0 Å². The molecular formula is C24H50N8O4. The van der Waals surface area contributed by atoms with Crippen molar-refractivity contribution in [2.75, 3.05) is 26.2 Å². The number of rotatable bonds is 23. The molecule has 12 heteroatoms. The van der Waals surface area contributed by atoms with Crippen LogP contribution in [0, 0.1) is 0 Å². The molecule has 210 valence electrons. The summed E-state index contributed by atoms with van der Waals surface area (Å²) in [4.78, 5) is 51.4. The minimum Gasteiger partial charge on any atom is -0.344 e. The lowest BCUT2D eigenvalue weighted by atomic mass is 9.95. The van der Waals surface area contributed by atoms with Crippen LogP contribution in [-0.2, 0) is 19.2 Å². The van der Waals surface area contributed by atoms with Crippen molar-refractivity contribution >= 4 is 23.4 Å². The third-order valence-electron chi connectivity index (χ3n) is 6.01. The molecule has 0 unspecified atom stereocenters. The molecule has 0 aliphatic rings. The van der Waals surface area contributed by atoms with Crippen LogP contribution in [0.3, 0.4) is 0 Å². The Labute approximate surface area is 215 Å². The monoisotopic (exact) mass is 514 g/mol. The first kappa shape index (κ1) is 34.0. The number of amides is 2. The zero-order chi connectivity index (χ0) is 27.3. The Morgan fingerprint density at radius 3 is 1.33 bits per heavy atom. The summed E-state index contributed by atoms with van der Waals surface area (Å²) >= 11 is 0. The molecule has 0 saturated heterocycles. The van der Waals surface area contributed by atoms with Gasteiger partial charge in [-0.2, -0.15) is 0 Å². The summed E-state index contributed by atoms with van der Waals surface area (Å²) < 4.78 is 0. The van der Waals surface area contributed by atoms with Crippen LogP contribution in [0.5, 0.6) is 0 Å². The SMILES string of the molecule is NCCCC[C@H](NC(=O)[C@@H](N)CCCCN)C(=O)N[C@@H](CCCCN)C(=O)C(=O)[C@@H](N)CCCCN. The topological polar surface area (TPSA) is 248 Å².